The number of esters is 1. The molecule has 0 fully saturated rings. The first kappa shape index (κ1) is 12.0. The maximum atomic E-state index is 11.3. The van der Waals surface area contributed by atoms with Gasteiger partial charge in [-0.1, -0.05) is 6.08 Å². The van der Waals surface area contributed by atoms with Crippen molar-refractivity contribution in [3.8, 4) is 0 Å². The number of carbonyl (C=O) groups excluding carboxylic acids is 1. The second-order valence-corrected chi connectivity index (χ2v) is 4.58. The molecule has 0 radical (unpaired) electrons. The fraction of sp³-hybridized carbons (Fsp3) is 0.417. The first-order valence-electron chi connectivity index (χ1n) is 4.96. The van der Waals surface area contributed by atoms with Crippen molar-refractivity contribution in [3.63, 3.8) is 0 Å². The van der Waals surface area contributed by atoms with Gasteiger partial charge in [0.15, 0.2) is 0 Å². The second-order valence-electron chi connectivity index (χ2n) is 3.38. The molecule has 82 valence electrons. The fourth-order valence-corrected chi connectivity index (χ4v) is 2.37. The highest BCUT2D eigenvalue weighted by Gasteiger charge is 2.17. The summed E-state index contributed by atoms with van der Waals surface area (Å²) in [7, 11) is 1.42. The molecule has 0 saturated heterocycles. The van der Waals surface area contributed by atoms with Crippen LogP contribution in [0.3, 0.4) is 0 Å². The molecule has 15 heavy (non-hydrogen) atoms. The topological polar surface area (TPSA) is 26.3 Å². The predicted molar refractivity (Wildman–Crippen MR) is 63.3 cm³/mol. The lowest BCUT2D eigenvalue weighted by molar-refractivity contribution is -0.141. The Kier molecular flexibility index (Phi) is 4.56. The maximum Gasteiger partial charge on any atom is 0.313 e. The van der Waals surface area contributed by atoms with Crippen LogP contribution in [-0.2, 0) is 16.0 Å². The Labute approximate surface area is 94.6 Å². The van der Waals surface area contributed by atoms with Crippen molar-refractivity contribution < 1.29 is 9.53 Å². The van der Waals surface area contributed by atoms with Crippen LogP contribution in [0.4, 0.5) is 0 Å². The van der Waals surface area contributed by atoms with Crippen LogP contribution >= 0.6 is 11.3 Å². The number of carbonyl (C=O) groups is 1. The van der Waals surface area contributed by atoms with Gasteiger partial charge < -0.3 is 4.74 Å². The minimum atomic E-state index is -0.174. The number of thiophene rings is 1. The fourth-order valence-electron chi connectivity index (χ4n) is 1.30. The molecule has 0 aromatic carbocycles. The number of allylic oxidation sites excluding steroid dienone is 1. The van der Waals surface area contributed by atoms with E-state index in [1.165, 1.54) is 12.0 Å². The van der Waals surface area contributed by atoms with E-state index >= 15 is 0 Å². The summed E-state index contributed by atoms with van der Waals surface area (Å²) < 4.78 is 4.71. The Morgan fingerprint density at radius 1 is 1.67 bits per heavy atom. The Bertz CT molecular complexity index is 341. The average molecular weight is 224 g/mol. The van der Waals surface area contributed by atoms with E-state index in [-0.39, 0.29) is 11.9 Å². The lowest BCUT2D eigenvalue weighted by Gasteiger charge is -2.05. The van der Waals surface area contributed by atoms with E-state index in [4.69, 9.17) is 4.74 Å². The Morgan fingerprint density at radius 3 is 3.00 bits per heavy atom. The van der Waals surface area contributed by atoms with Crippen molar-refractivity contribution in [2.75, 3.05) is 7.11 Å². The van der Waals surface area contributed by atoms with E-state index in [1.807, 2.05) is 19.1 Å². The van der Waals surface area contributed by atoms with Crippen molar-refractivity contribution in [1.29, 1.82) is 0 Å². The summed E-state index contributed by atoms with van der Waals surface area (Å²) in [5.41, 5.74) is 0. The minimum absolute atomic E-state index is 0.155. The molecule has 0 N–H and O–H groups in total. The molecule has 1 heterocycles. The SMILES string of the molecule is C=CCCc1ccc(C(C)C(=O)OC)s1. The van der Waals surface area contributed by atoms with Crippen LogP contribution in [0, 0.1) is 0 Å². The molecule has 0 aliphatic heterocycles. The van der Waals surface area contributed by atoms with Gasteiger partial charge in [-0.05, 0) is 31.9 Å². The highest BCUT2D eigenvalue weighted by Crippen LogP contribution is 2.26. The molecular formula is C12H16O2S. The predicted octanol–water partition coefficient (Wildman–Crippen LogP) is 3.14. The van der Waals surface area contributed by atoms with Crippen LogP contribution in [0.1, 0.15) is 29.0 Å². The van der Waals surface area contributed by atoms with E-state index in [0.29, 0.717) is 0 Å². The molecule has 0 spiro atoms. The van der Waals surface area contributed by atoms with Gasteiger partial charge in [-0.15, -0.1) is 17.9 Å². The molecule has 0 amide bonds. The lowest BCUT2D eigenvalue weighted by Crippen LogP contribution is -2.09. The monoisotopic (exact) mass is 224 g/mol. The highest BCUT2D eigenvalue weighted by atomic mass is 32.1. The van der Waals surface area contributed by atoms with E-state index in [2.05, 4.69) is 12.6 Å². The van der Waals surface area contributed by atoms with Crippen molar-refractivity contribution in [2.45, 2.75) is 25.7 Å². The summed E-state index contributed by atoms with van der Waals surface area (Å²) in [6.07, 6.45) is 3.89. The number of aryl methyl sites for hydroxylation is 1. The molecule has 0 aliphatic carbocycles. The standard InChI is InChI=1S/C12H16O2S/c1-4-5-6-10-7-8-11(15-10)9(2)12(13)14-3/h4,7-9H,1,5-6H2,2-3H3. The van der Waals surface area contributed by atoms with Crippen molar-refractivity contribution in [1.82, 2.24) is 0 Å². The third kappa shape index (κ3) is 3.20. The zero-order chi connectivity index (χ0) is 11.3. The Morgan fingerprint density at radius 2 is 2.40 bits per heavy atom. The van der Waals surface area contributed by atoms with Crippen LogP contribution in [0.2, 0.25) is 0 Å². The van der Waals surface area contributed by atoms with Gasteiger partial charge in [-0.25, -0.2) is 0 Å². The summed E-state index contributed by atoms with van der Waals surface area (Å²) in [6, 6.07) is 4.08. The Hall–Kier alpha value is -1.09. The molecule has 1 unspecified atom stereocenters. The molecule has 0 saturated carbocycles. The molecule has 3 heteroatoms. The van der Waals surface area contributed by atoms with Crippen LogP contribution in [0.5, 0.6) is 0 Å². The maximum absolute atomic E-state index is 11.3. The number of hydrogen-bond acceptors (Lipinski definition) is 3. The van der Waals surface area contributed by atoms with E-state index < -0.39 is 0 Å². The van der Waals surface area contributed by atoms with Gasteiger partial charge in [0.05, 0.1) is 13.0 Å². The lowest BCUT2D eigenvalue weighted by atomic mass is 10.1. The smallest absolute Gasteiger partial charge is 0.313 e. The zero-order valence-electron chi connectivity index (χ0n) is 9.16. The van der Waals surface area contributed by atoms with E-state index in [9.17, 15) is 4.79 Å². The first-order valence-corrected chi connectivity index (χ1v) is 5.78. The van der Waals surface area contributed by atoms with Crippen molar-refractivity contribution in [3.05, 3.63) is 34.5 Å². The van der Waals surface area contributed by atoms with Crippen LogP contribution in [0.25, 0.3) is 0 Å². The van der Waals surface area contributed by atoms with Crippen LogP contribution in [-0.4, -0.2) is 13.1 Å². The molecule has 1 aromatic heterocycles. The van der Waals surface area contributed by atoms with Crippen LogP contribution in [0.15, 0.2) is 24.8 Å². The number of hydrogen-bond donors (Lipinski definition) is 0. The van der Waals surface area contributed by atoms with Gasteiger partial charge in [0.2, 0.25) is 0 Å². The highest BCUT2D eigenvalue weighted by molar-refractivity contribution is 7.12. The third-order valence-corrected chi connectivity index (χ3v) is 3.59. The molecule has 1 aromatic rings. The normalized spacial score (nSPS) is 12.1. The van der Waals surface area contributed by atoms with Gasteiger partial charge in [0, 0.05) is 9.75 Å². The summed E-state index contributed by atoms with van der Waals surface area (Å²) in [5.74, 6) is -0.329. The number of methoxy groups -OCH3 is 1. The van der Waals surface area contributed by atoms with Gasteiger partial charge in [-0.2, -0.15) is 0 Å². The van der Waals surface area contributed by atoms with E-state index in [0.717, 1.165) is 17.7 Å². The van der Waals surface area contributed by atoms with Gasteiger partial charge in [0.25, 0.3) is 0 Å². The van der Waals surface area contributed by atoms with Crippen LogP contribution < -0.4 is 0 Å². The summed E-state index contributed by atoms with van der Waals surface area (Å²) >= 11 is 1.68. The molecule has 0 aliphatic rings. The molecule has 0 bridgehead atoms. The molecule has 1 rings (SSSR count). The molecular weight excluding hydrogens is 208 g/mol. The van der Waals surface area contributed by atoms with Gasteiger partial charge in [-0.3, -0.25) is 4.79 Å². The second kappa shape index (κ2) is 5.71. The summed E-state index contributed by atoms with van der Waals surface area (Å²) in [6.45, 7) is 5.56. The third-order valence-electron chi connectivity index (χ3n) is 2.26. The van der Waals surface area contributed by atoms with E-state index in [1.54, 1.807) is 11.3 Å². The van der Waals surface area contributed by atoms with Gasteiger partial charge in [0.1, 0.15) is 0 Å². The van der Waals surface area contributed by atoms with Crippen molar-refractivity contribution >= 4 is 17.3 Å². The van der Waals surface area contributed by atoms with Gasteiger partial charge >= 0.3 is 5.97 Å². The zero-order valence-corrected chi connectivity index (χ0v) is 9.97. The Balaban J connectivity index is 2.66. The number of rotatable bonds is 5. The molecule has 2 nitrogen and oxygen atoms in total. The summed E-state index contributed by atoms with van der Waals surface area (Å²) in [5, 5.41) is 0. The largest absolute Gasteiger partial charge is 0.469 e. The summed E-state index contributed by atoms with van der Waals surface area (Å²) in [4.78, 5) is 13.7. The first-order chi connectivity index (χ1) is 7.19. The minimum Gasteiger partial charge on any atom is -0.469 e. The van der Waals surface area contributed by atoms with Crippen molar-refractivity contribution in [2.24, 2.45) is 0 Å². The molecule has 1 atom stereocenters. The number of ether oxygens (including phenoxy) is 1. The quantitative estimate of drug-likeness (QED) is 0.567. The average Bonchev–Trinajstić information content (AvgIpc) is 2.72.